The van der Waals surface area contributed by atoms with Gasteiger partial charge in [-0.25, -0.2) is 9.97 Å². The largest absolute Gasteiger partial charge is 0.494 e. The van der Waals surface area contributed by atoms with Gasteiger partial charge in [-0.05, 0) is 56.9 Å². The Morgan fingerprint density at radius 3 is 2.77 bits per heavy atom. The fourth-order valence-electron chi connectivity index (χ4n) is 3.22. The molecule has 2 heterocycles. The highest BCUT2D eigenvalue weighted by Crippen LogP contribution is 2.22. The molecule has 1 aromatic heterocycles. The molecule has 1 saturated heterocycles. The van der Waals surface area contributed by atoms with Crippen molar-refractivity contribution in [3.05, 3.63) is 41.9 Å². The number of hydrogen-bond donors (Lipinski definition) is 1. The number of anilines is 2. The second kappa shape index (κ2) is 8.17. The average Bonchev–Trinajstić information content (AvgIpc) is 2.63. The second-order valence-corrected chi connectivity index (χ2v) is 6.76. The standard InChI is InChI=1S/C20H26N4O2/c1-4-26-17-9-7-16(8-10-17)23-20(25)18-12-19(22-15(3)21-18)24-11-5-6-14(2)13-24/h7-10,12,14H,4-6,11,13H2,1-3H3,(H,23,25). The van der Waals surface area contributed by atoms with Gasteiger partial charge in [0.05, 0.1) is 6.61 Å². The molecule has 6 nitrogen and oxygen atoms in total. The number of carbonyl (C=O) groups is 1. The number of nitrogens with one attached hydrogen (secondary N) is 1. The molecule has 1 unspecified atom stereocenters. The van der Waals surface area contributed by atoms with E-state index in [1.54, 1.807) is 6.07 Å². The highest BCUT2D eigenvalue weighted by molar-refractivity contribution is 6.03. The summed E-state index contributed by atoms with van der Waals surface area (Å²) in [4.78, 5) is 23.7. The first-order chi connectivity index (χ1) is 12.5. The minimum atomic E-state index is -0.231. The summed E-state index contributed by atoms with van der Waals surface area (Å²) in [5.74, 6) is 2.63. The molecule has 2 aromatic rings. The van der Waals surface area contributed by atoms with Gasteiger partial charge < -0.3 is 15.0 Å². The van der Waals surface area contributed by atoms with Crippen molar-refractivity contribution in [2.24, 2.45) is 5.92 Å². The smallest absolute Gasteiger partial charge is 0.274 e. The molecule has 0 radical (unpaired) electrons. The fourth-order valence-corrected chi connectivity index (χ4v) is 3.22. The van der Waals surface area contributed by atoms with E-state index in [4.69, 9.17) is 4.74 Å². The quantitative estimate of drug-likeness (QED) is 0.887. The van der Waals surface area contributed by atoms with Gasteiger partial charge in [0.15, 0.2) is 0 Å². The van der Waals surface area contributed by atoms with Crippen LogP contribution in [0.2, 0.25) is 0 Å². The molecule has 26 heavy (non-hydrogen) atoms. The van der Waals surface area contributed by atoms with E-state index in [-0.39, 0.29) is 5.91 Å². The van der Waals surface area contributed by atoms with Crippen LogP contribution in [0.25, 0.3) is 0 Å². The SMILES string of the molecule is CCOc1ccc(NC(=O)c2cc(N3CCCC(C)C3)nc(C)n2)cc1. The lowest BCUT2D eigenvalue weighted by molar-refractivity contribution is 0.102. The van der Waals surface area contributed by atoms with E-state index < -0.39 is 0 Å². The summed E-state index contributed by atoms with van der Waals surface area (Å²) in [6, 6.07) is 9.11. The molecule has 1 aliphatic rings. The molecule has 138 valence electrons. The van der Waals surface area contributed by atoms with E-state index in [1.807, 2.05) is 38.1 Å². The van der Waals surface area contributed by atoms with Crippen LogP contribution in [0, 0.1) is 12.8 Å². The Balaban J connectivity index is 1.74. The van der Waals surface area contributed by atoms with Crippen LogP contribution in [0.3, 0.4) is 0 Å². The number of nitrogens with zero attached hydrogens (tertiary/aromatic N) is 3. The summed E-state index contributed by atoms with van der Waals surface area (Å²) in [5, 5.41) is 2.89. The van der Waals surface area contributed by atoms with Gasteiger partial charge in [0, 0.05) is 24.8 Å². The molecule has 1 aromatic carbocycles. The normalized spacial score (nSPS) is 17.0. The summed E-state index contributed by atoms with van der Waals surface area (Å²) in [5.41, 5.74) is 1.10. The monoisotopic (exact) mass is 354 g/mol. The Bertz CT molecular complexity index is 761. The van der Waals surface area contributed by atoms with Gasteiger partial charge in [0.25, 0.3) is 5.91 Å². The van der Waals surface area contributed by atoms with Crippen molar-refractivity contribution < 1.29 is 9.53 Å². The highest BCUT2D eigenvalue weighted by atomic mass is 16.5. The van der Waals surface area contributed by atoms with Gasteiger partial charge in [0.2, 0.25) is 0 Å². The van der Waals surface area contributed by atoms with Crippen LogP contribution in [-0.4, -0.2) is 35.6 Å². The first-order valence-corrected chi connectivity index (χ1v) is 9.20. The van der Waals surface area contributed by atoms with Crippen molar-refractivity contribution in [2.75, 3.05) is 29.9 Å². The molecule has 1 amide bonds. The summed E-state index contributed by atoms with van der Waals surface area (Å²) in [6.45, 7) is 8.57. The van der Waals surface area contributed by atoms with E-state index in [9.17, 15) is 4.79 Å². The number of piperidine rings is 1. The molecule has 0 saturated carbocycles. The van der Waals surface area contributed by atoms with Crippen LogP contribution < -0.4 is 15.0 Å². The lowest BCUT2D eigenvalue weighted by Gasteiger charge is -2.32. The van der Waals surface area contributed by atoms with E-state index in [2.05, 4.69) is 27.1 Å². The Hall–Kier alpha value is -2.63. The Labute approximate surface area is 154 Å². The number of hydrogen-bond acceptors (Lipinski definition) is 5. The maximum atomic E-state index is 12.6. The van der Waals surface area contributed by atoms with Gasteiger partial charge in [-0.2, -0.15) is 0 Å². The molecule has 0 aliphatic carbocycles. The summed E-state index contributed by atoms with van der Waals surface area (Å²) in [7, 11) is 0. The van der Waals surface area contributed by atoms with Crippen molar-refractivity contribution >= 4 is 17.4 Å². The average molecular weight is 354 g/mol. The van der Waals surface area contributed by atoms with E-state index in [0.717, 1.165) is 31.1 Å². The second-order valence-electron chi connectivity index (χ2n) is 6.76. The third kappa shape index (κ3) is 4.50. The van der Waals surface area contributed by atoms with Crippen molar-refractivity contribution in [1.82, 2.24) is 9.97 Å². The number of aryl methyl sites for hydroxylation is 1. The molecule has 1 fully saturated rings. The van der Waals surface area contributed by atoms with E-state index >= 15 is 0 Å². The Morgan fingerprint density at radius 1 is 1.31 bits per heavy atom. The molecule has 3 rings (SSSR count). The Kier molecular flexibility index (Phi) is 5.71. The molecule has 0 spiro atoms. The first-order valence-electron chi connectivity index (χ1n) is 9.20. The van der Waals surface area contributed by atoms with Crippen LogP contribution in [0.4, 0.5) is 11.5 Å². The molecule has 1 N–H and O–H groups in total. The number of benzene rings is 1. The minimum Gasteiger partial charge on any atom is -0.494 e. The van der Waals surface area contributed by atoms with Crippen molar-refractivity contribution in [3.8, 4) is 5.75 Å². The number of carbonyl (C=O) groups excluding carboxylic acids is 1. The maximum absolute atomic E-state index is 12.6. The number of rotatable bonds is 5. The zero-order chi connectivity index (χ0) is 18.5. The maximum Gasteiger partial charge on any atom is 0.274 e. The molecular formula is C20H26N4O2. The third-order valence-corrected chi connectivity index (χ3v) is 4.46. The van der Waals surface area contributed by atoms with Crippen LogP contribution in [0.15, 0.2) is 30.3 Å². The minimum absolute atomic E-state index is 0.231. The summed E-state index contributed by atoms with van der Waals surface area (Å²) >= 11 is 0. The van der Waals surface area contributed by atoms with E-state index in [0.29, 0.717) is 29.7 Å². The number of amides is 1. The third-order valence-electron chi connectivity index (χ3n) is 4.46. The molecule has 6 heteroatoms. The topological polar surface area (TPSA) is 67.3 Å². The highest BCUT2D eigenvalue weighted by Gasteiger charge is 2.20. The lowest BCUT2D eigenvalue weighted by atomic mass is 10.0. The lowest BCUT2D eigenvalue weighted by Crippen LogP contribution is -2.35. The van der Waals surface area contributed by atoms with Gasteiger partial charge in [-0.3, -0.25) is 4.79 Å². The number of ether oxygens (including phenoxy) is 1. The Morgan fingerprint density at radius 2 is 2.08 bits per heavy atom. The molecule has 1 aliphatic heterocycles. The molecule has 0 bridgehead atoms. The zero-order valence-corrected chi connectivity index (χ0v) is 15.7. The van der Waals surface area contributed by atoms with Crippen LogP contribution >= 0.6 is 0 Å². The number of aromatic nitrogens is 2. The molecular weight excluding hydrogens is 328 g/mol. The van der Waals surface area contributed by atoms with Crippen LogP contribution in [0.5, 0.6) is 5.75 Å². The predicted octanol–water partition coefficient (Wildman–Crippen LogP) is 3.67. The molecule has 1 atom stereocenters. The van der Waals surface area contributed by atoms with Crippen molar-refractivity contribution in [2.45, 2.75) is 33.6 Å². The summed E-state index contributed by atoms with van der Waals surface area (Å²) < 4.78 is 5.42. The van der Waals surface area contributed by atoms with Crippen LogP contribution in [-0.2, 0) is 0 Å². The van der Waals surface area contributed by atoms with E-state index in [1.165, 1.54) is 6.42 Å². The van der Waals surface area contributed by atoms with Crippen LogP contribution in [0.1, 0.15) is 43.0 Å². The van der Waals surface area contributed by atoms with Gasteiger partial charge >= 0.3 is 0 Å². The van der Waals surface area contributed by atoms with Gasteiger partial charge in [0.1, 0.15) is 23.1 Å². The van der Waals surface area contributed by atoms with Gasteiger partial charge in [-0.15, -0.1) is 0 Å². The fraction of sp³-hybridized carbons (Fsp3) is 0.450. The van der Waals surface area contributed by atoms with Crippen molar-refractivity contribution in [3.63, 3.8) is 0 Å². The summed E-state index contributed by atoms with van der Waals surface area (Å²) in [6.07, 6.45) is 2.39. The zero-order valence-electron chi connectivity index (χ0n) is 15.7. The van der Waals surface area contributed by atoms with Crippen molar-refractivity contribution in [1.29, 1.82) is 0 Å². The predicted molar refractivity (Wildman–Crippen MR) is 103 cm³/mol. The first kappa shape index (κ1) is 18.2. The van der Waals surface area contributed by atoms with Gasteiger partial charge in [-0.1, -0.05) is 6.92 Å².